The van der Waals surface area contributed by atoms with Crippen LogP contribution in [0, 0.1) is 13.8 Å². The lowest BCUT2D eigenvalue weighted by atomic mass is 10.1. The molecular weight excluding hydrogens is 332 g/mol. The maximum absolute atomic E-state index is 12.7. The molecule has 0 saturated carbocycles. The Bertz CT molecular complexity index is 779. The molecule has 0 bridgehead atoms. The zero-order valence-electron chi connectivity index (χ0n) is 15.7. The van der Waals surface area contributed by atoms with E-state index in [2.05, 4.69) is 14.9 Å². The van der Waals surface area contributed by atoms with Crippen molar-refractivity contribution in [2.24, 2.45) is 0 Å². The number of carbonyl (C=O) groups is 1. The summed E-state index contributed by atoms with van der Waals surface area (Å²) in [7, 11) is 3.09. The summed E-state index contributed by atoms with van der Waals surface area (Å²) >= 11 is 0. The van der Waals surface area contributed by atoms with Crippen molar-refractivity contribution in [3.8, 4) is 11.9 Å². The summed E-state index contributed by atoms with van der Waals surface area (Å²) in [6.45, 7) is 6.74. The largest absolute Gasteiger partial charge is 0.481 e. The van der Waals surface area contributed by atoms with Crippen LogP contribution in [0.25, 0.3) is 0 Å². The SMILES string of the molecule is COc1cc(N2CCN(C(=O)c3ccc(C)c(C)c3)CC2)nc(OC)n1. The van der Waals surface area contributed by atoms with Crippen molar-refractivity contribution in [2.45, 2.75) is 13.8 Å². The van der Waals surface area contributed by atoms with Crippen LogP contribution >= 0.6 is 0 Å². The van der Waals surface area contributed by atoms with Crippen LogP contribution in [0.5, 0.6) is 11.9 Å². The van der Waals surface area contributed by atoms with Crippen molar-refractivity contribution in [3.63, 3.8) is 0 Å². The first-order valence-electron chi connectivity index (χ1n) is 8.60. The van der Waals surface area contributed by atoms with Crippen molar-refractivity contribution in [2.75, 3.05) is 45.3 Å². The summed E-state index contributed by atoms with van der Waals surface area (Å²) in [5.41, 5.74) is 3.07. The van der Waals surface area contributed by atoms with Gasteiger partial charge in [0.15, 0.2) is 0 Å². The number of anilines is 1. The molecule has 0 unspecified atom stereocenters. The van der Waals surface area contributed by atoms with E-state index in [0.717, 1.165) is 16.9 Å². The number of amides is 1. The summed E-state index contributed by atoms with van der Waals surface area (Å²) in [6.07, 6.45) is 0. The van der Waals surface area contributed by atoms with E-state index in [0.29, 0.717) is 32.1 Å². The lowest BCUT2D eigenvalue weighted by Crippen LogP contribution is -2.49. The molecule has 7 nitrogen and oxygen atoms in total. The summed E-state index contributed by atoms with van der Waals surface area (Å²) in [4.78, 5) is 25.2. The summed E-state index contributed by atoms with van der Waals surface area (Å²) in [6, 6.07) is 7.91. The predicted octanol–water partition coefficient (Wildman–Crippen LogP) is 2.07. The number of piperazine rings is 1. The average molecular weight is 356 g/mol. The van der Waals surface area contributed by atoms with Crippen LogP contribution in [0.15, 0.2) is 24.3 Å². The minimum atomic E-state index is 0.0746. The molecule has 26 heavy (non-hydrogen) atoms. The van der Waals surface area contributed by atoms with E-state index in [-0.39, 0.29) is 11.9 Å². The quantitative estimate of drug-likeness (QED) is 0.835. The van der Waals surface area contributed by atoms with Gasteiger partial charge in [-0.25, -0.2) is 0 Å². The molecule has 0 aliphatic carbocycles. The number of carbonyl (C=O) groups excluding carboxylic acids is 1. The zero-order valence-corrected chi connectivity index (χ0v) is 15.7. The molecule has 1 aromatic carbocycles. The number of methoxy groups -OCH3 is 2. The van der Waals surface area contributed by atoms with E-state index in [1.54, 1.807) is 13.2 Å². The number of aromatic nitrogens is 2. The molecule has 138 valence electrons. The van der Waals surface area contributed by atoms with Gasteiger partial charge < -0.3 is 19.3 Å². The lowest BCUT2D eigenvalue weighted by Gasteiger charge is -2.35. The van der Waals surface area contributed by atoms with Gasteiger partial charge in [0.05, 0.1) is 14.2 Å². The number of aryl methyl sites for hydroxylation is 2. The second-order valence-electron chi connectivity index (χ2n) is 6.33. The average Bonchev–Trinajstić information content (AvgIpc) is 2.69. The number of benzene rings is 1. The van der Waals surface area contributed by atoms with Crippen LogP contribution in [0.1, 0.15) is 21.5 Å². The Hall–Kier alpha value is -2.83. The number of nitrogens with zero attached hydrogens (tertiary/aromatic N) is 4. The number of hydrogen-bond acceptors (Lipinski definition) is 6. The molecule has 3 rings (SSSR count). The third-order valence-electron chi connectivity index (χ3n) is 4.71. The van der Waals surface area contributed by atoms with Gasteiger partial charge in [-0.3, -0.25) is 4.79 Å². The first-order chi connectivity index (χ1) is 12.5. The Morgan fingerprint density at radius 3 is 2.31 bits per heavy atom. The molecule has 0 spiro atoms. The Morgan fingerprint density at radius 2 is 1.69 bits per heavy atom. The van der Waals surface area contributed by atoms with Gasteiger partial charge in [-0.2, -0.15) is 9.97 Å². The van der Waals surface area contributed by atoms with Crippen LogP contribution < -0.4 is 14.4 Å². The highest BCUT2D eigenvalue weighted by Crippen LogP contribution is 2.22. The molecule has 2 aromatic rings. The van der Waals surface area contributed by atoms with Crippen molar-refractivity contribution < 1.29 is 14.3 Å². The van der Waals surface area contributed by atoms with Gasteiger partial charge in [0.25, 0.3) is 5.91 Å². The van der Waals surface area contributed by atoms with Crippen molar-refractivity contribution in [1.29, 1.82) is 0 Å². The standard InChI is InChI=1S/C19H24N4O3/c1-13-5-6-15(11-14(13)2)18(24)23-9-7-22(8-10-23)16-12-17(25-3)21-19(20-16)26-4/h5-6,11-12H,7-10H2,1-4H3. The van der Waals surface area contributed by atoms with Crippen LogP contribution in [-0.4, -0.2) is 61.2 Å². The fourth-order valence-corrected chi connectivity index (χ4v) is 2.95. The lowest BCUT2D eigenvalue weighted by molar-refractivity contribution is 0.0746. The highest BCUT2D eigenvalue weighted by molar-refractivity contribution is 5.94. The Labute approximate surface area is 153 Å². The molecule has 1 aliphatic rings. The smallest absolute Gasteiger partial charge is 0.321 e. The highest BCUT2D eigenvalue weighted by atomic mass is 16.5. The van der Waals surface area contributed by atoms with Gasteiger partial charge in [-0.1, -0.05) is 6.07 Å². The van der Waals surface area contributed by atoms with E-state index in [1.807, 2.05) is 36.9 Å². The topological polar surface area (TPSA) is 67.8 Å². The molecule has 2 heterocycles. The van der Waals surface area contributed by atoms with Crippen molar-refractivity contribution in [1.82, 2.24) is 14.9 Å². The maximum Gasteiger partial charge on any atom is 0.321 e. The first kappa shape index (κ1) is 18.0. The van der Waals surface area contributed by atoms with Crippen molar-refractivity contribution in [3.05, 3.63) is 41.0 Å². The second kappa shape index (κ2) is 7.59. The maximum atomic E-state index is 12.7. The first-order valence-corrected chi connectivity index (χ1v) is 8.60. The normalized spacial score (nSPS) is 14.3. The summed E-state index contributed by atoms with van der Waals surface area (Å²) < 4.78 is 10.3. The number of rotatable bonds is 4. The Kier molecular flexibility index (Phi) is 5.25. The molecule has 0 radical (unpaired) electrons. The molecule has 1 fully saturated rings. The fraction of sp³-hybridized carbons (Fsp3) is 0.421. The minimum absolute atomic E-state index is 0.0746. The molecule has 1 aliphatic heterocycles. The number of ether oxygens (including phenoxy) is 2. The number of hydrogen-bond donors (Lipinski definition) is 0. The second-order valence-corrected chi connectivity index (χ2v) is 6.33. The van der Waals surface area contributed by atoms with Crippen LogP contribution in [0.2, 0.25) is 0 Å². The monoisotopic (exact) mass is 356 g/mol. The third kappa shape index (κ3) is 3.71. The van der Waals surface area contributed by atoms with Gasteiger partial charge >= 0.3 is 6.01 Å². The van der Waals surface area contributed by atoms with Gasteiger partial charge in [0, 0.05) is 37.8 Å². The van der Waals surface area contributed by atoms with E-state index >= 15 is 0 Å². The highest BCUT2D eigenvalue weighted by Gasteiger charge is 2.24. The zero-order chi connectivity index (χ0) is 18.7. The van der Waals surface area contributed by atoms with Gasteiger partial charge in [0.1, 0.15) is 5.82 Å². The Morgan fingerprint density at radius 1 is 0.962 bits per heavy atom. The van der Waals surface area contributed by atoms with E-state index in [4.69, 9.17) is 9.47 Å². The Balaban J connectivity index is 1.69. The van der Waals surface area contributed by atoms with Crippen LogP contribution in [0.4, 0.5) is 5.82 Å². The molecule has 7 heteroatoms. The van der Waals surface area contributed by atoms with E-state index in [1.165, 1.54) is 12.7 Å². The van der Waals surface area contributed by atoms with Gasteiger partial charge in [-0.05, 0) is 37.1 Å². The van der Waals surface area contributed by atoms with E-state index in [9.17, 15) is 4.79 Å². The molecule has 1 amide bonds. The fourth-order valence-electron chi connectivity index (χ4n) is 2.95. The minimum Gasteiger partial charge on any atom is -0.481 e. The molecule has 1 saturated heterocycles. The molecule has 0 N–H and O–H groups in total. The van der Waals surface area contributed by atoms with Crippen LogP contribution in [-0.2, 0) is 0 Å². The summed E-state index contributed by atoms with van der Waals surface area (Å²) in [5, 5.41) is 0. The third-order valence-corrected chi connectivity index (χ3v) is 4.71. The van der Waals surface area contributed by atoms with Crippen molar-refractivity contribution >= 4 is 11.7 Å². The molecular formula is C19H24N4O3. The predicted molar refractivity (Wildman–Crippen MR) is 99.2 cm³/mol. The molecule has 1 aromatic heterocycles. The molecule has 0 atom stereocenters. The summed E-state index contributed by atoms with van der Waals surface area (Å²) in [5.74, 6) is 1.28. The van der Waals surface area contributed by atoms with E-state index < -0.39 is 0 Å². The van der Waals surface area contributed by atoms with Gasteiger partial charge in [-0.15, -0.1) is 0 Å². The van der Waals surface area contributed by atoms with Gasteiger partial charge in [0.2, 0.25) is 5.88 Å². The van der Waals surface area contributed by atoms with Crippen LogP contribution in [0.3, 0.4) is 0 Å².